The van der Waals surface area contributed by atoms with Crippen molar-refractivity contribution >= 4 is 11.4 Å². The zero-order chi connectivity index (χ0) is 13.1. The molecule has 0 amide bonds. The highest BCUT2D eigenvalue weighted by molar-refractivity contribution is 5.73. The number of benzene rings is 2. The Morgan fingerprint density at radius 3 is 1.39 bits per heavy atom. The Bertz CT molecular complexity index is 566. The first-order chi connectivity index (χ1) is 8.65. The Morgan fingerprint density at radius 1 is 0.722 bits per heavy atom. The van der Waals surface area contributed by atoms with Crippen molar-refractivity contribution in [3.8, 4) is 11.1 Å². The fourth-order valence-corrected chi connectivity index (χ4v) is 2.01. The molecule has 0 saturated heterocycles. The van der Waals surface area contributed by atoms with Crippen LogP contribution in [0, 0.1) is 23.7 Å². The van der Waals surface area contributed by atoms with Crippen molar-refractivity contribution in [2.24, 2.45) is 10.4 Å². The van der Waals surface area contributed by atoms with E-state index in [-0.39, 0.29) is 0 Å². The number of rotatable bonds is 3. The van der Waals surface area contributed by atoms with Gasteiger partial charge in [0.2, 0.25) is 0 Å². The van der Waals surface area contributed by atoms with E-state index in [1.54, 1.807) is 24.3 Å². The molecule has 0 aromatic heterocycles. The van der Waals surface area contributed by atoms with Crippen LogP contribution in [0.5, 0.6) is 0 Å². The SMILES string of the molecule is Cc1cc(N=O)ccc1-c1ccc(N=O)cc1C. The molecule has 0 saturated carbocycles. The Labute approximate surface area is 105 Å². The Kier molecular flexibility index (Phi) is 3.28. The quantitative estimate of drug-likeness (QED) is 0.725. The summed E-state index contributed by atoms with van der Waals surface area (Å²) in [5.74, 6) is 0. The van der Waals surface area contributed by atoms with Gasteiger partial charge in [-0.1, -0.05) is 12.1 Å². The van der Waals surface area contributed by atoms with Gasteiger partial charge >= 0.3 is 0 Å². The van der Waals surface area contributed by atoms with Gasteiger partial charge in [-0.25, -0.2) is 0 Å². The molecule has 0 atom stereocenters. The first-order valence-electron chi connectivity index (χ1n) is 5.54. The van der Waals surface area contributed by atoms with Crippen molar-refractivity contribution in [3.05, 3.63) is 57.3 Å². The Morgan fingerprint density at radius 2 is 1.11 bits per heavy atom. The van der Waals surface area contributed by atoms with E-state index < -0.39 is 0 Å². The third-order valence-corrected chi connectivity index (χ3v) is 2.92. The van der Waals surface area contributed by atoms with Crippen LogP contribution in [0.2, 0.25) is 0 Å². The fourth-order valence-electron chi connectivity index (χ4n) is 2.01. The Balaban J connectivity index is 2.55. The minimum Gasteiger partial charge on any atom is -0.145 e. The first kappa shape index (κ1) is 12.1. The highest BCUT2D eigenvalue weighted by atomic mass is 16.3. The summed E-state index contributed by atoms with van der Waals surface area (Å²) in [6.07, 6.45) is 0. The lowest BCUT2D eigenvalue weighted by Crippen LogP contribution is -1.86. The second kappa shape index (κ2) is 4.87. The fraction of sp³-hybridized carbons (Fsp3) is 0.143. The average molecular weight is 240 g/mol. The summed E-state index contributed by atoms with van der Waals surface area (Å²) in [4.78, 5) is 20.9. The molecule has 0 bridgehead atoms. The zero-order valence-corrected chi connectivity index (χ0v) is 10.2. The van der Waals surface area contributed by atoms with Crippen LogP contribution < -0.4 is 0 Å². The van der Waals surface area contributed by atoms with Gasteiger partial charge in [-0.05, 0) is 70.7 Å². The molecule has 0 radical (unpaired) electrons. The average Bonchev–Trinajstić information content (AvgIpc) is 2.39. The minimum atomic E-state index is 0.417. The maximum Gasteiger partial charge on any atom is 0.108 e. The van der Waals surface area contributed by atoms with E-state index in [0.717, 1.165) is 22.3 Å². The molecule has 0 aliphatic carbocycles. The monoisotopic (exact) mass is 240 g/mol. The van der Waals surface area contributed by atoms with Crippen LogP contribution in [0.4, 0.5) is 11.4 Å². The first-order valence-corrected chi connectivity index (χ1v) is 5.54. The maximum atomic E-state index is 10.5. The van der Waals surface area contributed by atoms with E-state index >= 15 is 0 Å². The highest BCUT2D eigenvalue weighted by Gasteiger charge is 2.07. The summed E-state index contributed by atoms with van der Waals surface area (Å²) in [7, 11) is 0. The van der Waals surface area contributed by atoms with Crippen molar-refractivity contribution < 1.29 is 0 Å². The highest BCUT2D eigenvalue weighted by Crippen LogP contribution is 2.31. The van der Waals surface area contributed by atoms with Gasteiger partial charge in [0, 0.05) is 0 Å². The lowest BCUT2D eigenvalue weighted by atomic mass is 9.96. The maximum absolute atomic E-state index is 10.5. The molecule has 18 heavy (non-hydrogen) atoms. The number of nitrogens with zero attached hydrogens (tertiary/aromatic N) is 2. The second-order valence-electron chi connectivity index (χ2n) is 4.18. The van der Waals surface area contributed by atoms with Gasteiger partial charge in [-0.2, -0.15) is 0 Å². The molecule has 0 fully saturated rings. The second-order valence-corrected chi connectivity index (χ2v) is 4.18. The van der Waals surface area contributed by atoms with E-state index in [1.165, 1.54) is 0 Å². The molecule has 0 N–H and O–H groups in total. The van der Waals surface area contributed by atoms with E-state index in [1.807, 2.05) is 26.0 Å². The molecule has 2 rings (SSSR count). The lowest BCUT2D eigenvalue weighted by Gasteiger charge is -2.09. The molecule has 2 aromatic carbocycles. The molecular formula is C14H12N2O2. The van der Waals surface area contributed by atoms with Crippen molar-refractivity contribution in [1.29, 1.82) is 0 Å². The Hall–Kier alpha value is -2.36. The van der Waals surface area contributed by atoms with Crippen molar-refractivity contribution in [2.45, 2.75) is 13.8 Å². The largest absolute Gasteiger partial charge is 0.145 e. The predicted molar refractivity (Wildman–Crippen MR) is 72.3 cm³/mol. The van der Waals surface area contributed by atoms with Crippen LogP contribution in [0.3, 0.4) is 0 Å². The summed E-state index contributed by atoms with van der Waals surface area (Å²) in [5, 5.41) is 5.82. The third kappa shape index (κ3) is 2.18. The minimum absolute atomic E-state index is 0.417. The summed E-state index contributed by atoms with van der Waals surface area (Å²) in [6.45, 7) is 3.85. The molecule has 0 aliphatic heterocycles. The molecule has 0 heterocycles. The van der Waals surface area contributed by atoms with Crippen LogP contribution in [0.15, 0.2) is 46.8 Å². The summed E-state index contributed by atoms with van der Waals surface area (Å²) >= 11 is 0. The number of hydrogen-bond donors (Lipinski definition) is 0. The molecule has 90 valence electrons. The van der Waals surface area contributed by atoms with Crippen LogP contribution >= 0.6 is 0 Å². The molecule has 0 unspecified atom stereocenters. The van der Waals surface area contributed by atoms with Gasteiger partial charge in [-0.3, -0.25) is 0 Å². The van der Waals surface area contributed by atoms with Crippen molar-refractivity contribution in [2.75, 3.05) is 0 Å². The number of hydrogen-bond acceptors (Lipinski definition) is 4. The molecular weight excluding hydrogens is 228 g/mol. The standard InChI is InChI=1S/C14H12N2O2/c1-9-7-11(15-17)3-5-13(9)14-6-4-12(16-18)8-10(14)2/h3-8H,1-2H3. The topological polar surface area (TPSA) is 58.9 Å². The molecule has 2 aromatic rings. The van der Waals surface area contributed by atoms with Gasteiger partial charge in [0.05, 0.1) is 0 Å². The predicted octanol–water partition coefficient (Wildman–Crippen LogP) is 4.77. The van der Waals surface area contributed by atoms with E-state index in [9.17, 15) is 9.81 Å². The van der Waals surface area contributed by atoms with E-state index in [4.69, 9.17) is 0 Å². The van der Waals surface area contributed by atoms with Gasteiger partial charge in [0.15, 0.2) is 0 Å². The van der Waals surface area contributed by atoms with Crippen LogP contribution in [-0.4, -0.2) is 0 Å². The molecule has 4 heteroatoms. The van der Waals surface area contributed by atoms with Crippen molar-refractivity contribution in [3.63, 3.8) is 0 Å². The molecule has 4 nitrogen and oxygen atoms in total. The number of aryl methyl sites for hydroxylation is 2. The summed E-state index contributed by atoms with van der Waals surface area (Å²) in [6, 6.07) is 10.6. The van der Waals surface area contributed by atoms with E-state index in [2.05, 4.69) is 10.4 Å². The van der Waals surface area contributed by atoms with E-state index in [0.29, 0.717) is 11.4 Å². The van der Waals surface area contributed by atoms with Crippen LogP contribution in [0.25, 0.3) is 11.1 Å². The van der Waals surface area contributed by atoms with Gasteiger partial charge < -0.3 is 0 Å². The zero-order valence-electron chi connectivity index (χ0n) is 10.2. The number of nitroso groups, excluding NO2 is 2. The normalized spacial score (nSPS) is 10.1. The van der Waals surface area contributed by atoms with Crippen LogP contribution in [0.1, 0.15) is 11.1 Å². The molecule has 0 spiro atoms. The van der Waals surface area contributed by atoms with Crippen molar-refractivity contribution in [1.82, 2.24) is 0 Å². The smallest absolute Gasteiger partial charge is 0.108 e. The summed E-state index contributed by atoms with van der Waals surface area (Å²) in [5.41, 5.74) is 4.83. The molecule has 0 aliphatic rings. The third-order valence-electron chi connectivity index (χ3n) is 2.92. The van der Waals surface area contributed by atoms with Gasteiger partial charge in [-0.15, -0.1) is 9.81 Å². The van der Waals surface area contributed by atoms with Crippen LogP contribution in [-0.2, 0) is 0 Å². The lowest BCUT2D eigenvalue weighted by molar-refractivity contribution is 1.37. The van der Waals surface area contributed by atoms with Gasteiger partial charge in [0.1, 0.15) is 11.4 Å². The summed E-state index contributed by atoms with van der Waals surface area (Å²) < 4.78 is 0. The van der Waals surface area contributed by atoms with Gasteiger partial charge in [0.25, 0.3) is 0 Å².